The third-order valence-electron chi connectivity index (χ3n) is 9.49. The van der Waals surface area contributed by atoms with Gasteiger partial charge in [-0.15, -0.1) is 71.8 Å². The van der Waals surface area contributed by atoms with Crippen molar-refractivity contribution >= 4 is 21.8 Å². The first-order valence-electron chi connectivity index (χ1n) is 18.2. The average molecular weight is 1030 g/mol. The second kappa shape index (κ2) is 17.5. The van der Waals surface area contributed by atoms with Gasteiger partial charge in [-0.1, -0.05) is 96.0 Å². The number of aromatic nitrogens is 6. The summed E-state index contributed by atoms with van der Waals surface area (Å²) in [5.41, 5.74) is 8.83. The van der Waals surface area contributed by atoms with Crippen LogP contribution in [0.5, 0.6) is 23.0 Å². The first kappa shape index (κ1) is 39.2. The van der Waals surface area contributed by atoms with Gasteiger partial charge in [0.1, 0.15) is 12.7 Å². The standard InChI is InChI=1S/C49H28N6O2.Pd.Pt/c1-3-11-33(12-4-1)41-19-9-25-51-47(41)35-15-7-17-37(27-35)56-39-21-23-43-44-24-22-40(30-46(44)55(45(43)29-39)49-53-31-50-32-54-49)57-38-18-8-16-36(28-38)48-42(20-10-26-52-48)34-13-5-2-6-14-34;;/h1-26,31-32H;;/q-4;2*+2. The van der Waals surface area contributed by atoms with Crippen molar-refractivity contribution in [2.24, 2.45) is 0 Å². The van der Waals surface area contributed by atoms with E-state index in [1.165, 1.54) is 12.7 Å². The predicted octanol–water partition coefficient (Wildman–Crippen LogP) is 11.2. The largest absolute Gasteiger partial charge is 2.00 e. The quantitative estimate of drug-likeness (QED) is 0.105. The number of hydrogen-bond donors (Lipinski definition) is 0. The van der Waals surface area contributed by atoms with Crippen molar-refractivity contribution in [3.05, 3.63) is 195 Å². The molecular weight excluding hydrogens is 1010 g/mol. The molecule has 0 atom stereocenters. The molecule has 59 heavy (non-hydrogen) atoms. The van der Waals surface area contributed by atoms with Crippen LogP contribution in [-0.2, 0) is 41.5 Å². The second-order valence-electron chi connectivity index (χ2n) is 13.0. The second-order valence-corrected chi connectivity index (χ2v) is 13.0. The van der Waals surface area contributed by atoms with Gasteiger partial charge in [0.25, 0.3) is 0 Å². The monoisotopic (exact) mass is 1030 g/mol. The molecule has 10 aromatic rings. The molecule has 286 valence electrons. The Balaban J connectivity index is 0.00000242. The minimum absolute atomic E-state index is 0. The Kier molecular flexibility index (Phi) is 11.6. The van der Waals surface area contributed by atoms with Crippen LogP contribution in [0.3, 0.4) is 0 Å². The van der Waals surface area contributed by atoms with Crippen molar-refractivity contribution in [1.29, 1.82) is 0 Å². The minimum Gasteiger partial charge on any atom is -0.503 e. The molecule has 8 nitrogen and oxygen atoms in total. The third kappa shape index (κ3) is 7.97. The van der Waals surface area contributed by atoms with Gasteiger partial charge in [0.15, 0.2) is 0 Å². The van der Waals surface area contributed by atoms with Gasteiger partial charge in [0.2, 0.25) is 5.95 Å². The summed E-state index contributed by atoms with van der Waals surface area (Å²) in [6.07, 6.45) is 6.50. The fraction of sp³-hybridized carbons (Fsp3) is 0. The molecule has 0 aliphatic rings. The summed E-state index contributed by atoms with van der Waals surface area (Å²) in [6.45, 7) is 0. The zero-order valence-electron chi connectivity index (χ0n) is 30.8. The van der Waals surface area contributed by atoms with E-state index in [9.17, 15) is 0 Å². The Labute approximate surface area is 368 Å². The molecule has 0 bridgehead atoms. The van der Waals surface area contributed by atoms with Crippen LogP contribution < -0.4 is 9.47 Å². The molecule has 0 saturated carbocycles. The number of fused-ring (bicyclic) bond motifs is 3. The van der Waals surface area contributed by atoms with Crippen molar-refractivity contribution in [3.63, 3.8) is 0 Å². The van der Waals surface area contributed by atoms with Crippen LogP contribution in [-0.4, -0.2) is 29.5 Å². The van der Waals surface area contributed by atoms with E-state index in [2.05, 4.69) is 75.6 Å². The van der Waals surface area contributed by atoms with Crippen molar-refractivity contribution in [3.8, 4) is 73.7 Å². The maximum atomic E-state index is 6.42. The van der Waals surface area contributed by atoms with Crippen molar-refractivity contribution in [2.45, 2.75) is 0 Å². The number of hydrogen-bond acceptors (Lipinski definition) is 7. The molecule has 0 radical (unpaired) electrons. The van der Waals surface area contributed by atoms with Gasteiger partial charge in [0.05, 0.1) is 0 Å². The molecule has 4 heterocycles. The van der Waals surface area contributed by atoms with Gasteiger partial charge >= 0.3 is 41.5 Å². The molecule has 0 fully saturated rings. The van der Waals surface area contributed by atoms with Crippen LogP contribution >= 0.6 is 0 Å². The van der Waals surface area contributed by atoms with Crippen LogP contribution in [0.25, 0.3) is 72.5 Å². The Hall–Kier alpha value is -6.62. The van der Waals surface area contributed by atoms with Crippen molar-refractivity contribution in [2.75, 3.05) is 0 Å². The molecule has 6 aromatic carbocycles. The minimum atomic E-state index is 0. The Bertz CT molecular complexity index is 2850. The van der Waals surface area contributed by atoms with E-state index >= 15 is 0 Å². The summed E-state index contributed by atoms with van der Waals surface area (Å²) >= 11 is 0. The Morgan fingerprint density at radius 2 is 0.881 bits per heavy atom. The fourth-order valence-corrected chi connectivity index (χ4v) is 6.96. The number of nitrogens with zero attached hydrogens (tertiary/aromatic N) is 6. The van der Waals surface area contributed by atoms with Crippen LogP contribution in [0.1, 0.15) is 0 Å². The summed E-state index contributed by atoms with van der Waals surface area (Å²) in [4.78, 5) is 22.5. The number of rotatable bonds is 9. The van der Waals surface area contributed by atoms with E-state index in [1.54, 1.807) is 12.4 Å². The topological polar surface area (TPSA) is 87.8 Å². The van der Waals surface area contributed by atoms with Crippen molar-refractivity contribution in [1.82, 2.24) is 29.5 Å². The van der Waals surface area contributed by atoms with E-state index in [-0.39, 0.29) is 41.5 Å². The first-order chi connectivity index (χ1) is 28.2. The molecule has 4 aromatic heterocycles. The SMILES string of the molecule is [Pd+2].[Pt+2].[c-]1c(Oc2[c-]c3c(cc2)c2ccc(Oc4[c-]c(-c5ncccc5-c5ccccc5)ccc4)[c-]c2n3-c2ncncn2)cccc1-c1ncccc1-c1ccccc1. The molecule has 0 saturated heterocycles. The zero-order valence-corrected chi connectivity index (χ0v) is 34.6. The Morgan fingerprint density at radius 3 is 1.36 bits per heavy atom. The molecule has 10 heteroatoms. The van der Waals surface area contributed by atoms with E-state index in [4.69, 9.17) is 19.4 Å². The number of pyridine rings is 2. The summed E-state index contributed by atoms with van der Waals surface area (Å²) in [6, 6.07) is 61.5. The molecule has 0 N–H and O–H groups in total. The van der Waals surface area contributed by atoms with Gasteiger partial charge in [-0.3, -0.25) is 0 Å². The number of ether oxygens (including phenoxy) is 2. The molecule has 0 unspecified atom stereocenters. The van der Waals surface area contributed by atoms with Gasteiger partial charge in [-0.2, -0.15) is 22.9 Å². The average Bonchev–Trinajstić information content (AvgIpc) is 3.60. The third-order valence-corrected chi connectivity index (χ3v) is 9.49. The molecule has 0 spiro atoms. The summed E-state index contributed by atoms with van der Waals surface area (Å²) in [5.74, 6) is 2.44. The van der Waals surface area contributed by atoms with Crippen LogP contribution in [0, 0.1) is 24.3 Å². The molecule has 0 aliphatic carbocycles. The van der Waals surface area contributed by atoms with E-state index in [0.29, 0.717) is 40.0 Å². The van der Waals surface area contributed by atoms with Crippen LogP contribution in [0.4, 0.5) is 0 Å². The van der Waals surface area contributed by atoms with Crippen LogP contribution in [0.2, 0.25) is 0 Å². The molecule has 10 rings (SSSR count). The molecule has 0 aliphatic heterocycles. The molecule has 0 amide bonds. The van der Waals surface area contributed by atoms with E-state index in [1.807, 2.05) is 114 Å². The maximum absolute atomic E-state index is 6.42. The zero-order chi connectivity index (χ0) is 38.0. The van der Waals surface area contributed by atoms with Crippen molar-refractivity contribution < 1.29 is 51.0 Å². The summed E-state index contributed by atoms with van der Waals surface area (Å²) in [5, 5.41) is 1.83. The van der Waals surface area contributed by atoms with E-state index in [0.717, 1.165) is 55.5 Å². The smallest absolute Gasteiger partial charge is 0.503 e. The van der Waals surface area contributed by atoms with Gasteiger partial charge in [-0.05, 0) is 45.8 Å². The van der Waals surface area contributed by atoms with Crippen LogP contribution in [0.15, 0.2) is 171 Å². The van der Waals surface area contributed by atoms with E-state index < -0.39 is 0 Å². The van der Waals surface area contributed by atoms with Gasteiger partial charge in [0, 0.05) is 35.4 Å². The first-order valence-corrected chi connectivity index (χ1v) is 18.2. The maximum Gasteiger partial charge on any atom is 2.00 e. The Morgan fingerprint density at radius 1 is 0.424 bits per heavy atom. The number of benzene rings is 6. The van der Waals surface area contributed by atoms with Gasteiger partial charge < -0.3 is 24.0 Å². The summed E-state index contributed by atoms with van der Waals surface area (Å²) < 4.78 is 14.7. The molecular formula is C49H28N6O2PdPt. The predicted molar refractivity (Wildman–Crippen MR) is 220 cm³/mol. The van der Waals surface area contributed by atoms with Gasteiger partial charge in [-0.25, -0.2) is 15.0 Å². The normalized spacial score (nSPS) is 10.8. The summed E-state index contributed by atoms with van der Waals surface area (Å²) in [7, 11) is 0. The fourth-order valence-electron chi connectivity index (χ4n) is 6.96.